The van der Waals surface area contributed by atoms with Gasteiger partial charge in [0.25, 0.3) is 0 Å². The SMILES string of the molecule is Nc1cc(-c2ccc(OC(F)(F)F)cc2)c2ncoc2c1. The number of nitrogen functional groups attached to an aromatic ring is 1. The molecule has 0 saturated carbocycles. The van der Waals surface area contributed by atoms with Crippen molar-refractivity contribution >= 4 is 16.8 Å². The molecule has 2 N–H and O–H groups in total. The van der Waals surface area contributed by atoms with Crippen LogP contribution in [0.4, 0.5) is 18.9 Å². The van der Waals surface area contributed by atoms with Gasteiger partial charge in [0.05, 0.1) is 0 Å². The highest BCUT2D eigenvalue weighted by Gasteiger charge is 2.31. The van der Waals surface area contributed by atoms with E-state index in [-0.39, 0.29) is 5.75 Å². The van der Waals surface area contributed by atoms with E-state index in [1.165, 1.54) is 30.7 Å². The summed E-state index contributed by atoms with van der Waals surface area (Å²) in [5, 5.41) is 0. The van der Waals surface area contributed by atoms with Gasteiger partial charge in [-0.2, -0.15) is 0 Å². The summed E-state index contributed by atoms with van der Waals surface area (Å²) in [4.78, 5) is 4.08. The molecule has 7 heteroatoms. The maximum atomic E-state index is 12.1. The van der Waals surface area contributed by atoms with Crippen molar-refractivity contribution in [1.82, 2.24) is 4.98 Å². The van der Waals surface area contributed by atoms with Crippen LogP contribution in [0.15, 0.2) is 47.2 Å². The third kappa shape index (κ3) is 2.76. The van der Waals surface area contributed by atoms with Crippen LogP contribution in [0.25, 0.3) is 22.2 Å². The number of ether oxygens (including phenoxy) is 1. The normalized spacial score (nSPS) is 11.8. The fourth-order valence-corrected chi connectivity index (χ4v) is 2.04. The van der Waals surface area contributed by atoms with Gasteiger partial charge in [-0.1, -0.05) is 12.1 Å². The molecule has 3 aromatic rings. The van der Waals surface area contributed by atoms with Gasteiger partial charge in [0.1, 0.15) is 11.3 Å². The maximum absolute atomic E-state index is 12.1. The van der Waals surface area contributed by atoms with E-state index in [0.717, 1.165) is 0 Å². The van der Waals surface area contributed by atoms with Crippen molar-refractivity contribution in [1.29, 1.82) is 0 Å². The molecule has 4 nitrogen and oxygen atoms in total. The summed E-state index contributed by atoms with van der Waals surface area (Å²) in [6.45, 7) is 0. The lowest BCUT2D eigenvalue weighted by Crippen LogP contribution is -2.16. The number of hydrogen-bond acceptors (Lipinski definition) is 4. The number of halogens is 3. The Hall–Kier alpha value is -2.70. The predicted molar refractivity (Wildman–Crippen MR) is 70.5 cm³/mol. The summed E-state index contributed by atoms with van der Waals surface area (Å²) >= 11 is 0. The second-order valence-corrected chi connectivity index (χ2v) is 4.34. The van der Waals surface area contributed by atoms with E-state index in [9.17, 15) is 13.2 Å². The van der Waals surface area contributed by atoms with Gasteiger partial charge in [0.2, 0.25) is 0 Å². The molecular weight excluding hydrogens is 285 g/mol. The molecule has 0 aliphatic carbocycles. The highest BCUT2D eigenvalue weighted by molar-refractivity contribution is 5.93. The molecular formula is C14H9F3N2O2. The predicted octanol–water partition coefficient (Wildman–Crippen LogP) is 3.98. The minimum atomic E-state index is -4.71. The van der Waals surface area contributed by atoms with Gasteiger partial charge >= 0.3 is 6.36 Å². The molecule has 1 heterocycles. The molecule has 0 bridgehead atoms. The van der Waals surface area contributed by atoms with Crippen molar-refractivity contribution in [2.45, 2.75) is 6.36 Å². The first-order chi connectivity index (χ1) is 9.92. The van der Waals surface area contributed by atoms with E-state index >= 15 is 0 Å². The van der Waals surface area contributed by atoms with Gasteiger partial charge in [-0.05, 0) is 23.8 Å². The van der Waals surface area contributed by atoms with Crippen molar-refractivity contribution in [3.8, 4) is 16.9 Å². The summed E-state index contributed by atoms with van der Waals surface area (Å²) in [7, 11) is 0. The highest BCUT2D eigenvalue weighted by atomic mass is 19.4. The molecule has 0 atom stereocenters. The van der Waals surface area contributed by atoms with E-state index in [0.29, 0.717) is 27.9 Å². The molecule has 0 fully saturated rings. The van der Waals surface area contributed by atoms with Crippen LogP contribution in [0, 0.1) is 0 Å². The number of aromatic nitrogens is 1. The number of rotatable bonds is 2. The van der Waals surface area contributed by atoms with Gasteiger partial charge in [0.15, 0.2) is 12.0 Å². The largest absolute Gasteiger partial charge is 0.573 e. The standard InChI is InChI=1S/C14H9F3N2O2/c15-14(16,17)21-10-3-1-8(2-4-10)11-5-9(18)6-12-13(11)19-7-20-12/h1-7H,18H2. The van der Waals surface area contributed by atoms with Crippen LogP contribution < -0.4 is 10.5 Å². The number of benzene rings is 2. The Labute approximate surface area is 116 Å². The molecule has 0 aliphatic heterocycles. The van der Waals surface area contributed by atoms with Crippen molar-refractivity contribution in [2.24, 2.45) is 0 Å². The topological polar surface area (TPSA) is 61.3 Å². The first-order valence-corrected chi connectivity index (χ1v) is 5.91. The number of hydrogen-bond donors (Lipinski definition) is 1. The van der Waals surface area contributed by atoms with Gasteiger partial charge in [-0.15, -0.1) is 13.2 Å². The van der Waals surface area contributed by atoms with E-state index in [4.69, 9.17) is 10.2 Å². The van der Waals surface area contributed by atoms with Crippen molar-refractivity contribution in [3.63, 3.8) is 0 Å². The number of oxazole rings is 1. The first kappa shape index (κ1) is 13.3. The zero-order chi connectivity index (χ0) is 15.0. The number of fused-ring (bicyclic) bond motifs is 1. The molecule has 0 spiro atoms. The molecule has 0 unspecified atom stereocenters. The van der Waals surface area contributed by atoms with Crippen LogP contribution in [0.1, 0.15) is 0 Å². The maximum Gasteiger partial charge on any atom is 0.573 e. The summed E-state index contributed by atoms with van der Waals surface area (Å²) in [6.07, 6.45) is -3.42. The van der Waals surface area contributed by atoms with E-state index in [1.54, 1.807) is 12.1 Å². The monoisotopic (exact) mass is 294 g/mol. The lowest BCUT2D eigenvalue weighted by Gasteiger charge is -2.09. The van der Waals surface area contributed by atoms with Crippen LogP contribution >= 0.6 is 0 Å². The number of nitrogens with zero attached hydrogens (tertiary/aromatic N) is 1. The van der Waals surface area contributed by atoms with Gasteiger partial charge in [-0.3, -0.25) is 0 Å². The minimum absolute atomic E-state index is 0.286. The zero-order valence-corrected chi connectivity index (χ0v) is 10.5. The second-order valence-electron chi connectivity index (χ2n) is 4.34. The summed E-state index contributed by atoms with van der Waals surface area (Å²) in [5.41, 5.74) is 8.70. The van der Waals surface area contributed by atoms with E-state index in [1.807, 2.05) is 0 Å². The van der Waals surface area contributed by atoms with Gasteiger partial charge in [-0.25, -0.2) is 4.98 Å². The Bertz CT molecular complexity index is 779. The van der Waals surface area contributed by atoms with Crippen LogP contribution in [0.5, 0.6) is 5.75 Å². The molecule has 0 saturated heterocycles. The Morgan fingerprint density at radius 1 is 1.10 bits per heavy atom. The molecule has 108 valence electrons. The summed E-state index contributed by atoms with van der Waals surface area (Å²) < 4.78 is 45.4. The van der Waals surface area contributed by atoms with Crippen molar-refractivity contribution in [2.75, 3.05) is 5.73 Å². The number of anilines is 1. The van der Waals surface area contributed by atoms with Gasteiger partial charge < -0.3 is 14.9 Å². The first-order valence-electron chi connectivity index (χ1n) is 5.91. The zero-order valence-electron chi connectivity index (χ0n) is 10.5. The van der Waals surface area contributed by atoms with Crippen molar-refractivity contribution in [3.05, 3.63) is 42.8 Å². The Kier molecular flexibility index (Phi) is 2.97. The minimum Gasteiger partial charge on any atom is -0.443 e. The van der Waals surface area contributed by atoms with Gasteiger partial charge in [0, 0.05) is 17.3 Å². The third-order valence-corrected chi connectivity index (χ3v) is 2.86. The molecule has 1 aromatic heterocycles. The number of alkyl halides is 3. The quantitative estimate of drug-likeness (QED) is 0.726. The lowest BCUT2D eigenvalue weighted by atomic mass is 10.0. The van der Waals surface area contributed by atoms with Crippen LogP contribution in [0.3, 0.4) is 0 Å². The molecule has 0 amide bonds. The van der Waals surface area contributed by atoms with Crippen LogP contribution in [-0.4, -0.2) is 11.3 Å². The van der Waals surface area contributed by atoms with Crippen LogP contribution in [0.2, 0.25) is 0 Å². The number of nitrogens with two attached hydrogens (primary N) is 1. The lowest BCUT2D eigenvalue weighted by molar-refractivity contribution is -0.274. The Balaban J connectivity index is 2.01. The van der Waals surface area contributed by atoms with Crippen LogP contribution in [-0.2, 0) is 0 Å². The Morgan fingerprint density at radius 2 is 1.81 bits per heavy atom. The summed E-state index contributed by atoms with van der Waals surface area (Å²) in [5.74, 6) is -0.286. The molecule has 2 aromatic carbocycles. The molecule has 0 aliphatic rings. The fraction of sp³-hybridized carbons (Fsp3) is 0.0714. The second kappa shape index (κ2) is 4.69. The average Bonchev–Trinajstić information content (AvgIpc) is 2.85. The van der Waals surface area contributed by atoms with Crippen molar-refractivity contribution < 1.29 is 22.3 Å². The fourth-order valence-electron chi connectivity index (χ4n) is 2.04. The van der Waals surface area contributed by atoms with E-state index in [2.05, 4.69) is 9.72 Å². The smallest absolute Gasteiger partial charge is 0.443 e. The third-order valence-electron chi connectivity index (χ3n) is 2.86. The molecule has 21 heavy (non-hydrogen) atoms. The molecule has 0 radical (unpaired) electrons. The highest BCUT2D eigenvalue weighted by Crippen LogP contribution is 2.32. The molecule has 3 rings (SSSR count). The Morgan fingerprint density at radius 3 is 2.48 bits per heavy atom. The average molecular weight is 294 g/mol. The van der Waals surface area contributed by atoms with E-state index < -0.39 is 6.36 Å². The summed E-state index contributed by atoms with van der Waals surface area (Å²) in [6, 6.07) is 8.79.